The summed E-state index contributed by atoms with van der Waals surface area (Å²) >= 11 is 0. The summed E-state index contributed by atoms with van der Waals surface area (Å²) in [5.74, 6) is -1.40. The molecule has 3 aliphatic heterocycles. The molecule has 10 heteroatoms. The van der Waals surface area contributed by atoms with Crippen LogP contribution >= 0.6 is 0 Å². The summed E-state index contributed by atoms with van der Waals surface area (Å²) < 4.78 is 25.2. The van der Waals surface area contributed by atoms with E-state index in [0.29, 0.717) is 12.8 Å². The summed E-state index contributed by atoms with van der Waals surface area (Å²) in [7, 11) is 5.53. The average molecular weight is 688 g/mol. The number of Topliss-reactive ketones (excluding diaryl/α,β-unsaturated/α-hetero) is 1. The van der Waals surface area contributed by atoms with E-state index < -0.39 is 41.4 Å². The van der Waals surface area contributed by atoms with Crippen LogP contribution in [0.1, 0.15) is 91.7 Å². The summed E-state index contributed by atoms with van der Waals surface area (Å²) in [6.45, 7) is 18.3. The number of fused-ring (bicyclic) bond motifs is 1. The zero-order chi connectivity index (χ0) is 36.1. The van der Waals surface area contributed by atoms with Crippen LogP contribution in [0, 0.1) is 17.3 Å². The molecule has 2 saturated heterocycles. The number of hydrogen-bond donors (Lipinski definition) is 1. The van der Waals surface area contributed by atoms with Gasteiger partial charge in [-0.25, -0.2) is 0 Å². The topological polar surface area (TPSA) is 101 Å². The van der Waals surface area contributed by atoms with Crippen molar-refractivity contribution in [1.29, 1.82) is 0 Å². The van der Waals surface area contributed by atoms with Crippen LogP contribution in [0.2, 0.25) is 0 Å². The predicted molar refractivity (Wildman–Crippen MR) is 191 cm³/mol. The first-order valence-corrected chi connectivity index (χ1v) is 18.6. The van der Waals surface area contributed by atoms with Gasteiger partial charge in [-0.15, -0.1) is 0 Å². The summed E-state index contributed by atoms with van der Waals surface area (Å²) in [5, 5.41) is 11.4. The highest BCUT2D eigenvalue weighted by Gasteiger charge is 2.51. The molecule has 0 amide bonds. The van der Waals surface area contributed by atoms with Crippen molar-refractivity contribution >= 4 is 11.8 Å². The molecule has 278 valence electrons. The van der Waals surface area contributed by atoms with Crippen molar-refractivity contribution in [1.82, 2.24) is 14.7 Å². The van der Waals surface area contributed by atoms with Crippen LogP contribution in [0.3, 0.4) is 0 Å². The molecule has 49 heavy (non-hydrogen) atoms. The van der Waals surface area contributed by atoms with E-state index >= 15 is 0 Å². The molecular formula is C39H65N3O7. The molecule has 0 aliphatic carbocycles. The van der Waals surface area contributed by atoms with Gasteiger partial charge in [0.25, 0.3) is 0 Å². The first-order chi connectivity index (χ1) is 23.1. The van der Waals surface area contributed by atoms with Gasteiger partial charge in [0.2, 0.25) is 0 Å². The number of aliphatic hydroxyl groups excluding tert-OH is 1. The Hall–Kier alpha value is -1.92. The van der Waals surface area contributed by atoms with Gasteiger partial charge in [-0.2, -0.15) is 0 Å². The Bertz CT molecular complexity index is 1220. The van der Waals surface area contributed by atoms with Gasteiger partial charge in [-0.3, -0.25) is 19.4 Å². The number of benzene rings is 1. The number of ketones is 1. The van der Waals surface area contributed by atoms with Crippen LogP contribution in [-0.4, -0.2) is 121 Å². The highest BCUT2D eigenvalue weighted by atomic mass is 16.7. The predicted octanol–water partition coefficient (Wildman–Crippen LogP) is 4.89. The van der Waals surface area contributed by atoms with Crippen LogP contribution in [0.15, 0.2) is 24.3 Å². The van der Waals surface area contributed by atoms with Crippen LogP contribution in [0.5, 0.6) is 0 Å². The Balaban J connectivity index is 1.59. The highest BCUT2D eigenvalue weighted by Crippen LogP contribution is 2.38. The van der Waals surface area contributed by atoms with Crippen molar-refractivity contribution in [3.63, 3.8) is 0 Å². The summed E-state index contributed by atoms with van der Waals surface area (Å²) in [5.41, 5.74) is 0.475. The number of esters is 1. The third kappa shape index (κ3) is 9.50. The Labute approximate surface area is 295 Å². The maximum atomic E-state index is 14.3. The lowest BCUT2D eigenvalue weighted by Gasteiger charge is -2.47. The van der Waals surface area contributed by atoms with Gasteiger partial charge in [-0.05, 0) is 104 Å². The molecule has 2 fully saturated rings. The number of cyclic esters (lactones) is 1. The van der Waals surface area contributed by atoms with Crippen LogP contribution in [0.25, 0.3) is 0 Å². The molecule has 0 bridgehead atoms. The largest absolute Gasteiger partial charge is 0.463 e. The standard InChI is InChI=1S/C39H65N3O7/c1-11-18-42-22-26(2)21-39(7,46-10)35(49-36-33(43)32(40(8)9)20-27(3)48-36)28(4)34(44)38(5,6)37(45)47-25-31(42)17-14-19-41-23-29-15-12-13-16-30(29)24-41/h12-13,15-16,26-28,31-33,35-36,43H,11,14,17-25H2,1-10H3/t26-,27-,28+,31-,32+,33-,35-,36+,39-/m1/s1. The molecular weight excluding hydrogens is 622 g/mol. The van der Waals surface area contributed by atoms with Gasteiger partial charge in [0.15, 0.2) is 12.1 Å². The molecule has 4 rings (SSSR count). The molecule has 3 heterocycles. The number of hydrogen-bond acceptors (Lipinski definition) is 10. The van der Waals surface area contributed by atoms with E-state index in [4.69, 9.17) is 18.9 Å². The second kappa shape index (κ2) is 17.1. The van der Waals surface area contributed by atoms with E-state index in [1.807, 2.05) is 32.8 Å². The smallest absolute Gasteiger partial charge is 0.319 e. The number of ether oxygens (including phenoxy) is 4. The monoisotopic (exact) mass is 687 g/mol. The number of carbonyl (C=O) groups is 2. The van der Waals surface area contributed by atoms with E-state index in [0.717, 1.165) is 52.0 Å². The quantitative estimate of drug-likeness (QED) is 0.270. The lowest BCUT2D eigenvalue weighted by molar-refractivity contribution is -0.295. The third-order valence-electron chi connectivity index (χ3n) is 11.3. The maximum Gasteiger partial charge on any atom is 0.319 e. The summed E-state index contributed by atoms with van der Waals surface area (Å²) in [6, 6.07) is 8.50. The second-order valence-electron chi connectivity index (χ2n) is 16.1. The Morgan fingerprint density at radius 2 is 1.69 bits per heavy atom. The van der Waals surface area contributed by atoms with Gasteiger partial charge in [0.05, 0.1) is 17.8 Å². The molecule has 0 aromatic heterocycles. The number of likely N-dealkylation sites (N-methyl/N-ethyl adjacent to an activating group) is 1. The zero-order valence-corrected chi connectivity index (χ0v) is 31.9. The lowest BCUT2D eigenvalue weighted by Crippen LogP contribution is -2.59. The molecule has 0 radical (unpaired) electrons. The van der Waals surface area contributed by atoms with Gasteiger partial charge in [-0.1, -0.05) is 45.0 Å². The van der Waals surface area contributed by atoms with Crippen LogP contribution in [-0.2, 0) is 41.6 Å². The first kappa shape index (κ1) is 39.9. The van der Waals surface area contributed by atoms with E-state index in [-0.39, 0.29) is 36.5 Å². The van der Waals surface area contributed by atoms with Crippen LogP contribution in [0.4, 0.5) is 0 Å². The van der Waals surface area contributed by atoms with Gasteiger partial charge >= 0.3 is 5.97 Å². The molecule has 0 unspecified atom stereocenters. The fraction of sp³-hybridized carbons (Fsp3) is 0.795. The summed E-state index contributed by atoms with van der Waals surface area (Å²) in [6.07, 6.45) is 1.25. The van der Waals surface area contributed by atoms with E-state index in [9.17, 15) is 14.7 Å². The van der Waals surface area contributed by atoms with Gasteiger partial charge in [0, 0.05) is 44.7 Å². The Morgan fingerprint density at radius 3 is 2.29 bits per heavy atom. The molecule has 1 N–H and O–H groups in total. The minimum atomic E-state index is -1.41. The molecule has 1 aromatic carbocycles. The van der Waals surface area contributed by atoms with Crippen molar-refractivity contribution in [2.24, 2.45) is 17.3 Å². The lowest BCUT2D eigenvalue weighted by atomic mass is 9.74. The van der Waals surface area contributed by atoms with Gasteiger partial charge < -0.3 is 29.0 Å². The molecule has 9 atom stereocenters. The first-order valence-electron chi connectivity index (χ1n) is 18.6. The van der Waals surface area contributed by atoms with Crippen molar-refractivity contribution in [3.8, 4) is 0 Å². The fourth-order valence-corrected chi connectivity index (χ4v) is 8.42. The van der Waals surface area contributed by atoms with E-state index in [1.165, 1.54) is 11.1 Å². The zero-order valence-electron chi connectivity index (χ0n) is 31.9. The van der Waals surface area contributed by atoms with Crippen molar-refractivity contribution in [2.45, 2.75) is 136 Å². The fourth-order valence-electron chi connectivity index (χ4n) is 8.42. The minimum Gasteiger partial charge on any atom is -0.463 e. The number of aliphatic hydroxyl groups is 1. The number of carbonyl (C=O) groups excluding carboxylic acids is 2. The summed E-state index contributed by atoms with van der Waals surface area (Å²) in [4.78, 5) is 35.1. The molecule has 0 spiro atoms. The van der Waals surface area contributed by atoms with E-state index in [2.05, 4.69) is 47.9 Å². The van der Waals surface area contributed by atoms with Crippen molar-refractivity contribution in [2.75, 3.05) is 47.4 Å². The molecule has 1 aromatic rings. The molecule has 3 aliphatic rings. The maximum absolute atomic E-state index is 14.3. The number of methoxy groups -OCH3 is 1. The number of nitrogens with zero attached hydrogens (tertiary/aromatic N) is 3. The van der Waals surface area contributed by atoms with Crippen LogP contribution < -0.4 is 0 Å². The van der Waals surface area contributed by atoms with Crippen molar-refractivity contribution in [3.05, 3.63) is 35.4 Å². The Morgan fingerprint density at radius 1 is 1.04 bits per heavy atom. The minimum absolute atomic E-state index is 0.0245. The van der Waals surface area contributed by atoms with Crippen molar-refractivity contribution < 1.29 is 33.6 Å². The Kier molecular flexibility index (Phi) is 13.9. The van der Waals surface area contributed by atoms with E-state index in [1.54, 1.807) is 27.9 Å². The number of rotatable bonds is 10. The normalized spacial score (nSPS) is 35.3. The molecule has 0 saturated carbocycles. The highest BCUT2D eigenvalue weighted by molar-refractivity contribution is 6.04. The molecule has 10 nitrogen and oxygen atoms in total. The van der Waals surface area contributed by atoms with Gasteiger partial charge in [0.1, 0.15) is 18.1 Å². The second-order valence-corrected chi connectivity index (χ2v) is 16.1. The SMILES string of the molecule is CCCN1C[C@H](C)C[C@@](C)(OC)[C@H](O[C@@H]2O[C@H](C)C[C@H](N(C)C)[C@H]2O)[C@@H](C)C(=O)C(C)(C)C(=O)OC[C@H]1CCCN1Cc2ccccc2C1. The average Bonchev–Trinajstić information content (AvgIpc) is 3.47. The third-order valence-corrected chi connectivity index (χ3v) is 11.3.